The summed E-state index contributed by atoms with van der Waals surface area (Å²) in [6.07, 6.45) is 5.54. The second-order valence-electron chi connectivity index (χ2n) is 5.70. The van der Waals surface area contributed by atoms with Crippen LogP contribution in [0.1, 0.15) is 50.2 Å². The van der Waals surface area contributed by atoms with Crippen molar-refractivity contribution in [3.05, 3.63) is 35.1 Å². The van der Waals surface area contributed by atoms with E-state index in [4.69, 9.17) is 9.84 Å². The predicted octanol–water partition coefficient (Wildman–Crippen LogP) is 3.65. The third kappa shape index (κ3) is 4.84. The molecule has 1 aliphatic carbocycles. The van der Waals surface area contributed by atoms with Crippen LogP contribution < -0.4 is 0 Å². The highest BCUT2D eigenvalue weighted by Crippen LogP contribution is 2.27. The van der Waals surface area contributed by atoms with Crippen molar-refractivity contribution in [3.63, 3.8) is 0 Å². The first kappa shape index (κ1) is 16.0. The van der Waals surface area contributed by atoms with Crippen LogP contribution in [0.2, 0.25) is 0 Å². The van der Waals surface area contributed by atoms with Crippen LogP contribution in [-0.4, -0.2) is 17.8 Å². The summed E-state index contributed by atoms with van der Waals surface area (Å²) in [6.45, 7) is 2.74. The summed E-state index contributed by atoms with van der Waals surface area (Å²) in [7, 11) is 0. The van der Waals surface area contributed by atoms with Crippen LogP contribution in [0, 0.1) is 23.6 Å². The van der Waals surface area contributed by atoms with Gasteiger partial charge in [0.05, 0.1) is 24.9 Å². The van der Waals surface area contributed by atoms with E-state index in [9.17, 15) is 4.39 Å². The first-order valence-corrected chi connectivity index (χ1v) is 7.70. The summed E-state index contributed by atoms with van der Waals surface area (Å²) in [5.41, 5.74) is 1.32. The molecule has 0 spiro atoms. The number of halogens is 1. The smallest absolute Gasteiger partial charge is 0.138 e. The molecule has 2 nitrogen and oxygen atoms in total. The zero-order valence-electron chi connectivity index (χ0n) is 12.6. The molecule has 0 aliphatic heterocycles. The minimum absolute atomic E-state index is 0.00299. The molecule has 1 aromatic rings. The Hall–Kier alpha value is -1.37. The van der Waals surface area contributed by atoms with Crippen molar-refractivity contribution in [1.29, 1.82) is 0 Å². The first-order chi connectivity index (χ1) is 10.2. The molecule has 1 N–H and O–H groups in total. The molecule has 2 unspecified atom stereocenters. The van der Waals surface area contributed by atoms with E-state index in [0.29, 0.717) is 30.6 Å². The second-order valence-corrected chi connectivity index (χ2v) is 5.70. The minimum atomic E-state index is -0.324. The van der Waals surface area contributed by atoms with Gasteiger partial charge in [-0.05, 0) is 36.5 Å². The van der Waals surface area contributed by atoms with E-state index in [0.717, 1.165) is 12.0 Å². The lowest BCUT2D eigenvalue weighted by Crippen LogP contribution is -2.25. The number of hydrogen-bond acceptors (Lipinski definition) is 2. The van der Waals surface area contributed by atoms with Crippen molar-refractivity contribution in [3.8, 4) is 11.8 Å². The van der Waals surface area contributed by atoms with Crippen molar-refractivity contribution in [2.24, 2.45) is 5.92 Å². The lowest BCUT2D eigenvalue weighted by molar-refractivity contribution is -0.0154. The summed E-state index contributed by atoms with van der Waals surface area (Å²) >= 11 is 0. The standard InChI is InChI=1S/C18H23FO2/c1-14-6-2-3-8-18(14)21-13-15-9-10-17(19)16(12-15)7-4-5-11-20/h9-10,12,14,18,20H,2-3,5-6,8,11,13H2,1H3. The minimum Gasteiger partial charge on any atom is -0.395 e. The third-order valence-electron chi connectivity index (χ3n) is 3.99. The highest BCUT2D eigenvalue weighted by molar-refractivity contribution is 5.38. The number of hydrogen-bond donors (Lipinski definition) is 1. The summed E-state index contributed by atoms with van der Waals surface area (Å²) in [5, 5.41) is 8.71. The van der Waals surface area contributed by atoms with Gasteiger partial charge in [-0.25, -0.2) is 4.39 Å². The maximum absolute atomic E-state index is 13.6. The Bertz CT molecular complexity index is 516. The van der Waals surface area contributed by atoms with Gasteiger partial charge in [-0.2, -0.15) is 0 Å². The number of aliphatic hydroxyl groups excluding tert-OH is 1. The Morgan fingerprint density at radius 1 is 1.33 bits per heavy atom. The average Bonchev–Trinajstić information content (AvgIpc) is 2.49. The van der Waals surface area contributed by atoms with Gasteiger partial charge in [0.1, 0.15) is 5.82 Å². The summed E-state index contributed by atoms with van der Waals surface area (Å²) in [6, 6.07) is 4.93. The normalized spacial score (nSPS) is 21.7. The molecule has 1 fully saturated rings. The van der Waals surface area contributed by atoms with Gasteiger partial charge in [-0.15, -0.1) is 0 Å². The molecule has 0 saturated heterocycles. The fourth-order valence-corrected chi connectivity index (χ4v) is 2.70. The van der Waals surface area contributed by atoms with Crippen LogP contribution in [0.4, 0.5) is 4.39 Å². The van der Waals surface area contributed by atoms with Gasteiger partial charge in [0, 0.05) is 6.42 Å². The lowest BCUT2D eigenvalue weighted by atomic mass is 9.88. The molecule has 114 valence electrons. The molecule has 2 rings (SSSR count). The molecule has 0 heterocycles. The molecule has 0 aromatic heterocycles. The van der Waals surface area contributed by atoms with Crippen LogP contribution in [0.5, 0.6) is 0 Å². The van der Waals surface area contributed by atoms with Crippen molar-refractivity contribution >= 4 is 0 Å². The van der Waals surface area contributed by atoms with Crippen LogP contribution in [-0.2, 0) is 11.3 Å². The SMILES string of the molecule is CC1CCCCC1OCc1ccc(F)c(C#CCCO)c1. The van der Waals surface area contributed by atoms with Gasteiger partial charge >= 0.3 is 0 Å². The van der Waals surface area contributed by atoms with E-state index in [1.165, 1.54) is 25.3 Å². The molecule has 1 aromatic carbocycles. The Kier molecular flexibility index (Phi) is 6.22. The van der Waals surface area contributed by atoms with Gasteiger partial charge in [0.2, 0.25) is 0 Å². The van der Waals surface area contributed by atoms with E-state index >= 15 is 0 Å². The number of ether oxygens (including phenoxy) is 1. The van der Waals surface area contributed by atoms with Gasteiger partial charge in [0.25, 0.3) is 0 Å². The fraction of sp³-hybridized carbons (Fsp3) is 0.556. The summed E-state index contributed by atoms with van der Waals surface area (Å²) in [5.74, 6) is 5.79. The molecule has 0 radical (unpaired) electrons. The Morgan fingerprint density at radius 3 is 2.90 bits per heavy atom. The van der Waals surface area contributed by atoms with Crippen LogP contribution in [0.15, 0.2) is 18.2 Å². The van der Waals surface area contributed by atoms with Crippen molar-refractivity contribution < 1.29 is 14.2 Å². The topological polar surface area (TPSA) is 29.5 Å². The fourth-order valence-electron chi connectivity index (χ4n) is 2.70. The highest BCUT2D eigenvalue weighted by atomic mass is 19.1. The van der Waals surface area contributed by atoms with Gasteiger partial charge in [0.15, 0.2) is 0 Å². The van der Waals surface area contributed by atoms with E-state index < -0.39 is 0 Å². The second kappa shape index (κ2) is 8.17. The molecule has 1 saturated carbocycles. The van der Waals surface area contributed by atoms with E-state index in [1.807, 2.05) is 0 Å². The maximum atomic E-state index is 13.6. The van der Waals surface area contributed by atoms with Crippen molar-refractivity contribution in [1.82, 2.24) is 0 Å². The van der Waals surface area contributed by atoms with Crippen LogP contribution in [0.25, 0.3) is 0 Å². The quantitative estimate of drug-likeness (QED) is 0.858. The number of aliphatic hydroxyl groups is 1. The summed E-state index contributed by atoms with van der Waals surface area (Å²) < 4.78 is 19.6. The van der Waals surface area contributed by atoms with Crippen molar-refractivity contribution in [2.45, 2.75) is 51.7 Å². The molecule has 2 atom stereocenters. The van der Waals surface area contributed by atoms with Crippen molar-refractivity contribution in [2.75, 3.05) is 6.61 Å². The lowest BCUT2D eigenvalue weighted by Gasteiger charge is -2.28. The van der Waals surface area contributed by atoms with Crippen LogP contribution >= 0.6 is 0 Å². The van der Waals surface area contributed by atoms with E-state index in [2.05, 4.69) is 18.8 Å². The summed E-state index contributed by atoms with van der Waals surface area (Å²) in [4.78, 5) is 0. The highest BCUT2D eigenvalue weighted by Gasteiger charge is 2.21. The maximum Gasteiger partial charge on any atom is 0.138 e. The largest absolute Gasteiger partial charge is 0.395 e. The molecular weight excluding hydrogens is 267 g/mol. The van der Waals surface area contributed by atoms with Gasteiger partial charge < -0.3 is 9.84 Å². The zero-order valence-corrected chi connectivity index (χ0v) is 12.6. The molecular formula is C18H23FO2. The van der Waals surface area contributed by atoms with Crippen LogP contribution in [0.3, 0.4) is 0 Å². The first-order valence-electron chi connectivity index (χ1n) is 7.70. The Labute approximate surface area is 126 Å². The zero-order chi connectivity index (χ0) is 15.1. The molecule has 3 heteroatoms. The molecule has 21 heavy (non-hydrogen) atoms. The molecule has 1 aliphatic rings. The van der Waals surface area contributed by atoms with Gasteiger partial charge in [-0.1, -0.05) is 37.7 Å². The molecule has 0 amide bonds. The average molecular weight is 290 g/mol. The monoisotopic (exact) mass is 290 g/mol. The molecule has 0 bridgehead atoms. The third-order valence-corrected chi connectivity index (χ3v) is 3.99. The van der Waals surface area contributed by atoms with Gasteiger partial charge in [-0.3, -0.25) is 0 Å². The number of benzene rings is 1. The number of rotatable bonds is 4. The Balaban J connectivity index is 1.97. The van der Waals surface area contributed by atoms with E-state index in [-0.39, 0.29) is 12.4 Å². The van der Waals surface area contributed by atoms with E-state index in [1.54, 1.807) is 12.1 Å². The Morgan fingerprint density at radius 2 is 2.14 bits per heavy atom. The predicted molar refractivity (Wildman–Crippen MR) is 81.2 cm³/mol.